The molecule has 0 radical (unpaired) electrons. The van der Waals surface area contributed by atoms with Crippen LogP contribution in [0.25, 0.3) is 11.0 Å². The molecule has 2 amide bonds. The Morgan fingerprint density at radius 2 is 2.11 bits per heavy atom. The van der Waals surface area contributed by atoms with E-state index in [1.54, 1.807) is 0 Å². The summed E-state index contributed by atoms with van der Waals surface area (Å²) in [5.41, 5.74) is 1.45. The van der Waals surface area contributed by atoms with Gasteiger partial charge in [0, 0.05) is 36.4 Å². The van der Waals surface area contributed by atoms with Crippen LogP contribution < -0.4 is 0 Å². The van der Waals surface area contributed by atoms with Gasteiger partial charge in [-0.05, 0) is 32.3 Å². The zero-order chi connectivity index (χ0) is 19.3. The van der Waals surface area contributed by atoms with Gasteiger partial charge in [0.1, 0.15) is 11.2 Å². The number of likely N-dealkylation sites (tertiary alicyclic amines) is 2. The van der Waals surface area contributed by atoms with E-state index in [4.69, 9.17) is 9.15 Å². The third kappa shape index (κ3) is 2.91. The third-order valence-corrected chi connectivity index (χ3v) is 6.57. The number of fused-ring (bicyclic) bond motifs is 1. The summed E-state index contributed by atoms with van der Waals surface area (Å²) in [7, 11) is 0. The number of carbonyl (C=O) groups is 2. The summed E-state index contributed by atoms with van der Waals surface area (Å²) < 4.78 is 12.0. The van der Waals surface area contributed by atoms with Crippen LogP contribution in [0.1, 0.15) is 41.8 Å². The Morgan fingerprint density at radius 3 is 2.79 bits per heavy atom. The van der Waals surface area contributed by atoms with E-state index in [0.29, 0.717) is 37.8 Å². The highest BCUT2D eigenvalue weighted by atomic mass is 16.5. The van der Waals surface area contributed by atoms with Crippen molar-refractivity contribution in [3.05, 3.63) is 35.6 Å². The highest BCUT2D eigenvalue weighted by Crippen LogP contribution is 2.38. The summed E-state index contributed by atoms with van der Waals surface area (Å²) in [6.45, 7) is 5.57. The number of carbonyl (C=O) groups excluding carboxylic acids is 2. The first-order chi connectivity index (χ1) is 13.5. The van der Waals surface area contributed by atoms with Crippen LogP contribution in [0.4, 0.5) is 0 Å². The normalized spacial score (nSPS) is 24.2. The summed E-state index contributed by atoms with van der Waals surface area (Å²) in [6.07, 6.45) is 3.67. The van der Waals surface area contributed by atoms with Gasteiger partial charge in [-0.3, -0.25) is 9.59 Å². The molecule has 3 saturated heterocycles. The Labute approximate surface area is 164 Å². The van der Waals surface area contributed by atoms with Crippen molar-refractivity contribution < 1.29 is 18.7 Å². The van der Waals surface area contributed by atoms with Crippen LogP contribution in [-0.4, -0.2) is 60.0 Å². The quantitative estimate of drug-likeness (QED) is 0.819. The zero-order valence-electron chi connectivity index (χ0n) is 16.3. The predicted molar refractivity (Wildman–Crippen MR) is 104 cm³/mol. The number of aryl methyl sites for hydroxylation is 1. The van der Waals surface area contributed by atoms with Crippen molar-refractivity contribution in [2.75, 3.05) is 32.8 Å². The van der Waals surface area contributed by atoms with E-state index in [2.05, 4.69) is 0 Å². The minimum atomic E-state index is -0.207. The van der Waals surface area contributed by atoms with E-state index in [1.807, 2.05) is 41.0 Å². The Kier molecular flexibility index (Phi) is 4.19. The molecule has 0 N–H and O–H groups in total. The fourth-order valence-electron chi connectivity index (χ4n) is 4.83. The molecule has 1 atom stereocenters. The van der Waals surface area contributed by atoms with E-state index in [1.165, 1.54) is 0 Å². The number of benzene rings is 1. The number of para-hydroxylation sites is 1. The first kappa shape index (κ1) is 17.7. The van der Waals surface area contributed by atoms with Crippen LogP contribution >= 0.6 is 0 Å². The lowest BCUT2D eigenvalue weighted by atomic mass is 9.82. The van der Waals surface area contributed by atoms with E-state index in [-0.39, 0.29) is 17.4 Å². The first-order valence-electron chi connectivity index (χ1n) is 10.2. The van der Waals surface area contributed by atoms with Crippen LogP contribution in [0.3, 0.4) is 0 Å². The average Bonchev–Trinajstić information content (AvgIpc) is 3.24. The molecule has 0 unspecified atom stereocenters. The van der Waals surface area contributed by atoms with Crippen LogP contribution in [0.5, 0.6) is 0 Å². The van der Waals surface area contributed by atoms with Crippen molar-refractivity contribution in [1.29, 1.82) is 0 Å². The van der Waals surface area contributed by atoms with Gasteiger partial charge in [0.15, 0.2) is 5.76 Å². The smallest absolute Gasteiger partial charge is 0.290 e. The molecule has 0 aliphatic carbocycles. The molecule has 4 heterocycles. The highest BCUT2D eigenvalue weighted by molar-refractivity contribution is 5.99. The third-order valence-electron chi connectivity index (χ3n) is 6.57. The number of amides is 2. The van der Waals surface area contributed by atoms with Crippen molar-refractivity contribution in [1.82, 2.24) is 9.80 Å². The number of ether oxygens (including phenoxy) is 1. The Hall–Kier alpha value is -2.34. The molecule has 2 aromatic rings. The number of hydrogen-bond acceptors (Lipinski definition) is 4. The fraction of sp³-hybridized carbons (Fsp3) is 0.545. The van der Waals surface area contributed by atoms with Gasteiger partial charge in [0.05, 0.1) is 19.7 Å². The fourth-order valence-corrected chi connectivity index (χ4v) is 4.83. The van der Waals surface area contributed by atoms with Gasteiger partial charge in [-0.15, -0.1) is 0 Å². The summed E-state index contributed by atoms with van der Waals surface area (Å²) in [4.78, 5) is 28.5. The highest BCUT2D eigenvalue weighted by Gasteiger charge is 2.49. The van der Waals surface area contributed by atoms with Crippen LogP contribution in [0.2, 0.25) is 0 Å². The molecule has 5 rings (SSSR count). The Morgan fingerprint density at radius 1 is 1.29 bits per heavy atom. The summed E-state index contributed by atoms with van der Waals surface area (Å²) in [6, 6.07) is 7.75. The molecular formula is C22H26N2O4. The Bertz CT molecular complexity index is 918. The predicted octanol–water partition coefficient (Wildman–Crippen LogP) is 2.98. The molecule has 6 nitrogen and oxygen atoms in total. The summed E-state index contributed by atoms with van der Waals surface area (Å²) >= 11 is 0. The van der Waals surface area contributed by atoms with Crippen molar-refractivity contribution in [2.45, 2.75) is 38.2 Å². The van der Waals surface area contributed by atoms with E-state index < -0.39 is 0 Å². The maximum absolute atomic E-state index is 12.9. The maximum Gasteiger partial charge on any atom is 0.290 e. The van der Waals surface area contributed by atoms with E-state index >= 15 is 0 Å². The van der Waals surface area contributed by atoms with Gasteiger partial charge in [-0.1, -0.05) is 18.2 Å². The van der Waals surface area contributed by atoms with Gasteiger partial charge in [-0.25, -0.2) is 0 Å². The molecule has 3 aliphatic heterocycles. The SMILES string of the molecule is Cc1c(C(=O)N2CC3(CC[C@H](CN4CCCC4=O)CO3)C2)oc2ccccc12. The lowest BCUT2D eigenvalue weighted by molar-refractivity contribution is -0.169. The molecular weight excluding hydrogens is 356 g/mol. The number of hydrogen-bond donors (Lipinski definition) is 0. The molecule has 1 aromatic carbocycles. The number of rotatable bonds is 3. The number of furan rings is 1. The molecule has 28 heavy (non-hydrogen) atoms. The monoisotopic (exact) mass is 382 g/mol. The van der Waals surface area contributed by atoms with Gasteiger partial charge < -0.3 is 19.0 Å². The minimum absolute atomic E-state index is 0.0484. The lowest BCUT2D eigenvalue weighted by Gasteiger charge is -2.52. The van der Waals surface area contributed by atoms with Gasteiger partial charge in [0.25, 0.3) is 5.91 Å². The van der Waals surface area contributed by atoms with Gasteiger partial charge >= 0.3 is 0 Å². The lowest BCUT2D eigenvalue weighted by Crippen LogP contribution is -2.66. The molecule has 3 fully saturated rings. The second kappa shape index (κ2) is 6.62. The van der Waals surface area contributed by atoms with Crippen molar-refractivity contribution in [2.24, 2.45) is 5.92 Å². The van der Waals surface area contributed by atoms with Crippen molar-refractivity contribution in [3.8, 4) is 0 Å². The molecule has 1 aromatic heterocycles. The topological polar surface area (TPSA) is 63.0 Å². The molecule has 0 bridgehead atoms. The minimum Gasteiger partial charge on any atom is -0.451 e. The van der Waals surface area contributed by atoms with Gasteiger partial charge in [-0.2, -0.15) is 0 Å². The largest absolute Gasteiger partial charge is 0.451 e. The van der Waals surface area contributed by atoms with E-state index in [0.717, 1.165) is 48.9 Å². The average molecular weight is 382 g/mol. The van der Waals surface area contributed by atoms with Gasteiger partial charge in [0.2, 0.25) is 5.91 Å². The number of nitrogens with zero attached hydrogens (tertiary/aromatic N) is 2. The van der Waals surface area contributed by atoms with Crippen molar-refractivity contribution >= 4 is 22.8 Å². The molecule has 0 saturated carbocycles. The van der Waals surface area contributed by atoms with Crippen LogP contribution in [0.15, 0.2) is 28.7 Å². The van der Waals surface area contributed by atoms with Crippen LogP contribution in [-0.2, 0) is 9.53 Å². The summed E-state index contributed by atoms with van der Waals surface area (Å²) in [5.74, 6) is 1.09. The Balaban J connectivity index is 1.19. The molecule has 1 spiro atoms. The molecule has 6 heteroatoms. The van der Waals surface area contributed by atoms with E-state index in [9.17, 15) is 9.59 Å². The maximum atomic E-state index is 12.9. The second-order valence-electron chi connectivity index (χ2n) is 8.56. The van der Waals surface area contributed by atoms with Crippen LogP contribution in [0, 0.1) is 12.8 Å². The summed E-state index contributed by atoms with van der Waals surface area (Å²) in [5, 5.41) is 0.995. The molecule has 148 valence electrons. The second-order valence-corrected chi connectivity index (χ2v) is 8.56. The standard InChI is InChI=1S/C22H26N2O4/c1-15-17-5-2-3-6-18(17)28-20(15)21(26)24-13-22(14-24)9-8-16(12-27-22)11-23-10-4-7-19(23)25/h2-3,5-6,16H,4,7-14H2,1H3/t16-/m1/s1. The zero-order valence-corrected chi connectivity index (χ0v) is 16.3. The molecule has 3 aliphatic rings. The van der Waals surface area contributed by atoms with Crippen molar-refractivity contribution in [3.63, 3.8) is 0 Å². The first-order valence-corrected chi connectivity index (χ1v) is 10.2.